The molecular weight excluding hydrogens is 447 g/mol. The third kappa shape index (κ3) is 6.03. The molecule has 0 saturated carbocycles. The minimum absolute atomic E-state index is 0.0242. The lowest BCUT2D eigenvalue weighted by Crippen LogP contribution is -2.45. The van der Waals surface area contributed by atoms with Crippen molar-refractivity contribution in [1.82, 2.24) is 9.62 Å². The Morgan fingerprint density at radius 1 is 1.12 bits per heavy atom. The standard InChI is InChI=1S/C24H31FN2O5S/c1-4-31-22-13-8-18(15-23(22)32-5-2)17(3)26-24(28)19-7-6-14-27(16-19)33(29,30)21-11-9-20(25)10-12-21/h8-13,15,17,19H,4-7,14,16H2,1-3H3,(H,26,28)/t17-,19-/m0/s1. The van der Waals surface area contributed by atoms with Gasteiger partial charge in [-0.25, -0.2) is 12.8 Å². The van der Waals surface area contributed by atoms with Crippen molar-refractivity contribution in [3.05, 3.63) is 53.8 Å². The van der Waals surface area contributed by atoms with Crippen molar-refractivity contribution in [2.45, 2.75) is 44.6 Å². The van der Waals surface area contributed by atoms with E-state index >= 15 is 0 Å². The summed E-state index contributed by atoms with van der Waals surface area (Å²) in [5.74, 6) is 0.0992. The SMILES string of the molecule is CCOc1ccc([C@H](C)NC(=O)[C@H]2CCCN(S(=O)(=O)c3ccc(F)cc3)C2)cc1OCC. The van der Waals surface area contributed by atoms with Crippen LogP contribution in [0.3, 0.4) is 0 Å². The van der Waals surface area contributed by atoms with Crippen LogP contribution in [0.2, 0.25) is 0 Å². The molecule has 1 fully saturated rings. The Morgan fingerprint density at radius 3 is 2.45 bits per heavy atom. The van der Waals surface area contributed by atoms with Crippen molar-refractivity contribution < 1.29 is 27.1 Å². The van der Waals surface area contributed by atoms with Crippen LogP contribution in [0, 0.1) is 11.7 Å². The smallest absolute Gasteiger partial charge is 0.243 e. The molecule has 0 unspecified atom stereocenters. The fourth-order valence-corrected chi connectivity index (χ4v) is 5.41. The number of piperidine rings is 1. The maximum absolute atomic E-state index is 13.2. The lowest BCUT2D eigenvalue weighted by atomic mass is 9.98. The van der Waals surface area contributed by atoms with Gasteiger partial charge in [-0.3, -0.25) is 4.79 Å². The number of amides is 1. The van der Waals surface area contributed by atoms with E-state index in [1.807, 2.05) is 39.0 Å². The molecule has 2 atom stereocenters. The lowest BCUT2D eigenvalue weighted by molar-refractivity contribution is -0.126. The number of carbonyl (C=O) groups is 1. The summed E-state index contributed by atoms with van der Waals surface area (Å²) in [6.07, 6.45) is 1.17. The van der Waals surface area contributed by atoms with Gasteiger partial charge in [-0.05, 0) is 75.6 Å². The number of rotatable bonds is 9. The van der Waals surface area contributed by atoms with Crippen LogP contribution in [0.25, 0.3) is 0 Å². The average Bonchev–Trinajstić information content (AvgIpc) is 2.81. The molecule has 7 nitrogen and oxygen atoms in total. The minimum Gasteiger partial charge on any atom is -0.490 e. The Kier molecular flexibility index (Phi) is 8.31. The lowest BCUT2D eigenvalue weighted by Gasteiger charge is -2.32. The summed E-state index contributed by atoms with van der Waals surface area (Å²) in [6, 6.07) is 10.00. The topological polar surface area (TPSA) is 84.9 Å². The molecule has 9 heteroatoms. The number of benzene rings is 2. The largest absolute Gasteiger partial charge is 0.490 e. The third-order valence-electron chi connectivity index (χ3n) is 5.63. The maximum Gasteiger partial charge on any atom is 0.243 e. The van der Waals surface area contributed by atoms with Crippen LogP contribution >= 0.6 is 0 Å². The van der Waals surface area contributed by atoms with Crippen molar-refractivity contribution in [1.29, 1.82) is 0 Å². The second-order valence-corrected chi connectivity index (χ2v) is 9.90. The zero-order valence-corrected chi connectivity index (χ0v) is 20.0. The molecule has 33 heavy (non-hydrogen) atoms. The molecule has 1 N–H and O–H groups in total. The summed E-state index contributed by atoms with van der Waals surface area (Å²) >= 11 is 0. The Hall–Kier alpha value is -2.65. The number of halogens is 1. The van der Waals surface area contributed by atoms with E-state index in [2.05, 4.69) is 5.32 Å². The van der Waals surface area contributed by atoms with Gasteiger partial charge in [0.05, 0.1) is 30.1 Å². The highest BCUT2D eigenvalue weighted by Gasteiger charge is 2.33. The van der Waals surface area contributed by atoms with E-state index in [4.69, 9.17) is 9.47 Å². The first-order valence-corrected chi connectivity index (χ1v) is 12.7. The average molecular weight is 479 g/mol. The van der Waals surface area contributed by atoms with Crippen LogP contribution in [0.15, 0.2) is 47.4 Å². The van der Waals surface area contributed by atoms with Gasteiger partial charge in [0.2, 0.25) is 15.9 Å². The Labute approximate surface area is 194 Å². The molecule has 0 spiro atoms. The van der Waals surface area contributed by atoms with E-state index in [1.54, 1.807) is 0 Å². The number of ether oxygens (including phenoxy) is 2. The first-order valence-electron chi connectivity index (χ1n) is 11.2. The minimum atomic E-state index is -3.79. The molecule has 1 aliphatic heterocycles. The molecule has 2 aromatic carbocycles. The molecule has 180 valence electrons. The molecule has 3 rings (SSSR count). The van der Waals surface area contributed by atoms with Crippen molar-refractivity contribution in [2.24, 2.45) is 5.92 Å². The van der Waals surface area contributed by atoms with Gasteiger partial charge in [-0.15, -0.1) is 0 Å². The monoisotopic (exact) mass is 478 g/mol. The molecular formula is C24H31FN2O5S. The molecule has 1 heterocycles. The summed E-state index contributed by atoms with van der Waals surface area (Å²) in [5.41, 5.74) is 0.863. The molecule has 1 saturated heterocycles. The van der Waals surface area contributed by atoms with E-state index in [9.17, 15) is 17.6 Å². The van der Waals surface area contributed by atoms with Gasteiger partial charge in [-0.1, -0.05) is 6.07 Å². The predicted molar refractivity (Wildman–Crippen MR) is 123 cm³/mol. The first kappa shape index (κ1) is 25.0. The van der Waals surface area contributed by atoms with Crippen molar-refractivity contribution in [3.63, 3.8) is 0 Å². The molecule has 1 amide bonds. The van der Waals surface area contributed by atoms with Crippen LogP contribution in [-0.2, 0) is 14.8 Å². The highest BCUT2D eigenvalue weighted by Crippen LogP contribution is 2.31. The summed E-state index contributed by atoms with van der Waals surface area (Å²) < 4.78 is 51.6. The second-order valence-electron chi connectivity index (χ2n) is 7.96. The zero-order chi connectivity index (χ0) is 24.0. The molecule has 0 bridgehead atoms. The highest BCUT2D eigenvalue weighted by molar-refractivity contribution is 7.89. The number of sulfonamides is 1. The molecule has 1 aliphatic rings. The summed E-state index contributed by atoms with van der Waals surface area (Å²) in [4.78, 5) is 13.0. The van der Waals surface area contributed by atoms with E-state index in [-0.39, 0.29) is 23.4 Å². The van der Waals surface area contributed by atoms with Gasteiger partial charge < -0.3 is 14.8 Å². The summed E-state index contributed by atoms with van der Waals surface area (Å²) in [6.45, 7) is 7.09. The van der Waals surface area contributed by atoms with E-state index in [0.717, 1.165) is 17.7 Å². The van der Waals surface area contributed by atoms with Gasteiger partial charge in [-0.2, -0.15) is 4.31 Å². The number of nitrogens with one attached hydrogen (secondary N) is 1. The first-order chi connectivity index (χ1) is 15.8. The van der Waals surface area contributed by atoms with Gasteiger partial charge in [0, 0.05) is 13.1 Å². The van der Waals surface area contributed by atoms with Crippen LogP contribution in [0.1, 0.15) is 45.2 Å². The van der Waals surface area contributed by atoms with Crippen molar-refractivity contribution >= 4 is 15.9 Å². The van der Waals surface area contributed by atoms with Gasteiger partial charge in [0.1, 0.15) is 5.82 Å². The van der Waals surface area contributed by atoms with Crippen LogP contribution in [0.4, 0.5) is 4.39 Å². The second kappa shape index (κ2) is 11.0. The van der Waals surface area contributed by atoms with Crippen LogP contribution in [-0.4, -0.2) is 44.9 Å². The van der Waals surface area contributed by atoms with Crippen LogP contribution in [0.5, 0.6) is 11.5 Å². The fourth-order valence-electron chi connectivity index (χ4n) is 3.88. The number of hydrogen-bond acceptors (Lipinski definition) is 5. The molecule has 0 aromatic heterocycles. The quantitative estimate of drug-likeness (QED) is 0.591. The van der Waals surface area contributed by atoms with E-state index in [0.29, 0.717) is 44.1 Å². The summed E-state index contributed by atoms with van der Waals surface area (Å²) in [5, 5.41) is 3.00. The van der Waals surface area contributed by atoms with Crippen molar-refractivity contribution in [2.75, 3.05) is 26.3 Å². The Morgan fingerprint density at radius 2 is 1.79 bits per heavy atom. The maximum atomic E-state index is 13.2. The number of nitrogens with zero attached hydrogens (tertiary/aromatic N) is 1. The van der Waals surface area contributed by atoms with Gasteiger partial charge in [0.15, 0.2) is 11.5 Å². The Bertz CT molecular complexity index is 1060. The van der Waals surface area contributed by atoms with Gasteiger partial charge in [0.25, 0.3) is 0 Å². The number of carbonyl (C=O) groups excluding carboxylic acids is 1. The summed E-state index contributed by atoms with van der Waals surface area (Å²) in [7, 11) is -3.79. The van der Waals surface area contributed by atoms with E-state index < -0.39 is 21.8 Å². The highest BCUT2D eigenvalue weighted by atomic mass is 32.2. The normalized spacial score (nSPS) is 17.9. The van der Waals surface area contributed by atoms with Crippen LogP contribution < -0.4 is 14.8 Å². The van der Waals surface area contributed by atoms with Crippen molar-refractivity contribution in [3.8, 4) is 11.5 Å². The molecule has 0 radical (unpaired) electrons. The Balaban J connectivity index is 1.68. The third-order valence-corrected chi connectivity index (χ3v) is 7.51. The zero-order valence-electron chi connectivity index (χ0n) is 19.2. The predicted octanol–water partition coefficient (Wildman–Crippen LogP) is 3.90. The fraction of sp³-hybridized carbons (Fsp3) is 0.458. The van der Waals surface area contributed by atoms with Gasteiger partial charge >= 0.3 is 0 Å². The molecule has 2 aromatic rings. The number of hydrogen-bond donors (Lipinski definition) is 1. The molecule has 0 aliphatic carbocycles. The van der Waals surface area contributed by atoms with E-state index in [1.165, 1.54) is 16.4 Å².